The predicted molar refractivity (Wildman–Crippen MR) is 81.1 cm³/mol. The second-order valence-electron chi connectivity index (χ2n) is 6.35. The van der Waals surface area contributed by atoms with Crippen molar-refractivity contribution in [2.45, 2.75) is 52.4 Å². The molecule has 1 rings (SSSR count). The lowest BCUT2D eigenvalue weighted by Crippen LogP contribution is -2.11. The van der Waals surface area contributed by atoms with E-state index in [1.54, 1.807) is 0 Å². The molecule has 0 aliphatic carbocycles. The topological polar surface area (TPSA) is 0 Å². The third kappa shape index (κ3) is 4.46. The van der Waals surface area contributed by atoms with Gasteiger partial charge in [-0.05, 0) is 34.8 Å². The number of alkyl halides is 1. The molecule has 96 valence electrons. The molecule has 1 aromatic rings. The zero-order chi connectivity index (χ0) is 13.1. The van der Waals surface area contributed by atoms with Gasteiger partial charge in [-0.3, -0.25) is 0 Å². The zero-order valence-electron chi connectivity index (χ0n) is 11.8. The van der Waals surface area contributed by atoms with Crippen molar-refractivity contribution in [3.63, 3.8) is 0 Å². The standard InChI is InChI=1S/C16H25Br/c1-12(2)10-14(11-17)13-6-8-15(9-7-13)16(3,4)5/h6-9,12,14H,10-11H2,1-5H3. The van der Waals surface area contributed by atoms with Gasteiger partial charge >= 0.3 is 0 Å². The fourth-order valence-electron chi connectivity index (χ4n) is 2.11. The van der Waals surface area contributed by atoms with Crippen LogP contribution >= 0.6 is 15.9 Å². The van der Waals surface area contributed by atoms with Crippen LogP contribution in [-0.2, 0) is 5.41 Å². The third-order valence-electron chi connectivity index (χ3n) is 3.19. The van der Waals surface area contributed by atoms with Crippen LogP contribution in [0.1, 0.15) is 58.1 Å². The van der Waals surface area contributed by atoms with Crippen molar-refractivity contribution in [2.24, 2.45) is 5.92 Å². The van der Waals surface area contributed by atoms with Crippen molar-refractivity contribution in [3.05, 3.63) is 35.4 Å². The lowest BCUT2D eigenvalue weighted by molar-refractivity contribution is 0.528. The van der Waals surface area contributed by atoms with Crippen LogP contribution in [0.25, 0.3) is 0 Å². The Morgan fingerprint density at radius 1 is 1.06 bits per heavy atom. The van der Waals surface area contributed by atoms with Gasteiger partial charge in [0.25, 0.3) is 0 Å². The summed E-state index contributed by atoms with van der Waals surface area (Å²) in [5.74, 6) is 1.39. The molecule has 1 unspecified atom stereocenters. The van der Waals surface area contributed by atoms with Crippen LogP contribution in [0.4, 0.5) is 0 Å². The summed E-state index contributed by atoms with van der Waals surface area (Å²) in [5.41, 5.74) is 3.13. The largest absolute Gasteiger partial charge is 0.0921 e. The fraction of sp³-hybridized carbons (Fsp3) is 0.625. The summed E-state index contributed by atoms with van der Waals surface area (Å²) in [7, 11) is 0. The first-order valence-electron chi connectivity index (χ1n) is 6.51. The molecule has 0 saturated carbocycles. The van der Waals surface area contributed by atoms with Gasteiger partial charge in [0.2, 0.25) is 0 Å². The molecular weight excluding hydrogens is 272 g/mol. The van der Waals surface area contributed by atoms with E-state index in [2.05, 4.69) is 74.8 Å². The fourth-order valence-corrected chi connectivity index (χ4v) is 2.75. The van der Waals surface area contributed by atoms with Gasteiger partial charge in [-0.15, -0.1) is 0 Å². The predicted octanol–water partition coefficient (Wildman–Crippen LogP) is 5.51. The van der Waals surface area contributed by atoms with Gasteiger partial charge in [0.1, 0.15) is 0 Å². The molecule has 0 saturated heterocycles. The van der Waals surface area contributed by atoms with Crippen molar-refractivity contribution in [2.75, 3.05) is 5.33 Å². The summed E-state index contributed by atoms with van der Waals surface area (Å²) in [6.45, 7) is 11.4. The SMILES string of the molecule is CC(C)CC(CBr)c1ccc(C(C)(C)C)cc1. The minimum absolute atomic E-state index is 0.250. The summed E-state index contributed by atoms with van der Waals surface area (Å²) in [6, 6.07) is 9.17. The molecule has 0 N–H and O–H groups in total. The highest BCUT2D eigenvalue weighted by atomic mass is 79.9. The molecule has 0 fully saturated rings. The van der Waals surface area contributed by atoms with E-state index in [4.69, 9.17) is 0 Å². The number of halogens is 1. The van der Waals surface area contributed by atoms with E-state index in [1.165, 1.54) is 17.5 Å². The van der Waals surface area contributed by atoms with Crippen LogP contribution in [0.2, 0.25) is 0 Å². The number of hydrogen-bond donors (Lipinski definition) is 0. The first kappa shape index (κ1) is 14.8. The molecule has 0 aliphatic rings. The van der Waals surface area contributed by atoms with E-state index in [0.29, 0.717) is 5.92 Å². The molecule has 0 aliphatic heterocycles. The average Bonchev–Trinajstić information content (AvgIpc) is 2.24. The summed E-state index contributed by atoms with van der Waals surface area (Å²) >= 11 is 3.64. The van der Waals surface area contributed by atoms with Crippen molar-refractivity contribution in [1.29, 1.82) is 0 Å². The molecule has 0 amide bonds. The maximum atomic E-state index is 3.64. The van der Waals surface area contributed by atoms with Crippen molar-refractivity contribution < 1.29 is 0 Å². The minimum atomic E-state index is 0.250. The quantitative estimate of drug-likeness (QED) is 0.643. The first-order chi connectivity index (χ1) is 7.84. The molecule has 0 spiro atoms. The van der Waals surface area contributed by atoms with E-state index >= 15 is 0 Å². The van der Waals surface area contributed by atoms with Gasteiger partial charge < -0.3 is 0 Å². The summed E-state index contributed by atoms with van der Waals surface area (Å²) < 4.78 is 0. The molecule has 1 aromatic carbocycles. The van der Waals surface area contributed by atoms with Gasteiger partial charge in [-0.1, -0.05) is 74.8 Å². The van der Waals surface area contributed by atoms with Gasteiger partial charge in [0, 0.05) is 5.33 Å². The van der Waals surface area contributed by atoms with Gasteiger partial charge in [0.05, 0.1) is 0 Å². The Bertz CT molecular complexity index is 330. The highest BCUT2D eigenvalue weighted by molar-refractivity contribution is 9.09. The van der Waals surface area contributed by atoms with Gasteiger partial charge in [0.15, 0.2) is 0 Å². The second kappa shape index (κ2) is 6.04. The van der Waals surface area contributed by atoms with Crippen LogP contribution in [0, 0.1) is 5.92 Å². The van der Waals surface area contributed by atoms with Crippen LogP contribution in [-0.4, -0.2) is 5.33 Å². The Morgan fingerprint density at radius 2 is 1.59 bits per heavy atom. The van der Waals surface area contributed by atoms with E-state index in [0.717, 1.165) is 11.2 Å². The van der Waals surface area contributed by atoms with Gasteiger partial charge in [-0.25, -0.2) is 0 Å². The molecule has 17 heavy (non-hydrogen) atoms. The Morgan fingerprint density at radius 3 is 1.94 bits per heavy atom. The molecule has 0 nitrogen and oxygen atoms in total. The Balaban J connectivity index is 2.85. The molecule has 0 bridgehead atoms. The maximum absolute atomic E-state index is 3.64. The first-order valence-corrected chi connectivity index (χ1v) is 7.63. The Hall–Kier alpha value is -0.300. The van der Waals surface area contributed by atoms with Crippen LogP contribution in [0.15, 0.2) is 24.3 Å². The summed E-state index contributed by atoms with van der Waals surface area (Å²) in [4.78, 5) is 0. The molecule has 1 atom stereocenters. The van der Waals surface area contributed by atoms with E-state index in [-0.39, 0.29) is 5.41 Å². The Labute approximate surface area is 115 Å². The normalized spacial score (nSPS) is 14.1. The van der Waals surface area contributed by atoms with Gasteiger partial charge in [-0.2, -0.15) is 0 Å². The smallest absolute Gasteiger partial charge is 0.0100 e. The monoisotopic (exact) mass is 296 g/mol. The van der Waals surface area contributed by atoms with E-state index in [9.17, 15) is 0 Å². The zero-order valence-corrected chi connectivity index (χ0v) is 13.3. The van der Waals surface area contributed by atoms with Crippen molar-refractivity contribution in [1.82, 2.24) is 0 Å². The van der Waals surface area contributed by atoms with Crippen LogP contribution in [0.3, 0.4) is 0 Å². The van der Waals surface area contributed by atoms with E-state index < -0.39 is 0 Å². The molecule has 0 radical (unpaired) electrons. The summed E-state index contributed by atoms with van der Waals surface area (Å²) in [6.07, 6.45) is 1.25. The third-order valence-corrected chi connectivity index (χ3v) is 3.97. The number of rotatable bonds is 4. The highest BCUT2D eigenvalue weighted by Gasteiger charge is 2.15. The number of hydrogen-bond acceptors (Lipinski definition) is 0. The molecular formula is C16H25Br. The average molecular weight is 297 g/mol. The maximum Gasteiger partial charge on any atom is 0.0100 e. The number of benzene rings is 1. The molecule has 0 heterocycles. The van der Waals surface area contributed by atoms with Crippen LogP contribution in [0.5, 0.6) is 0 Å². The van der Waals surface area contributed by atoms with Crippen molar-refractivity contribution >= 4 is 15.9 Å². The lowest BCUT2D eigenvalue weighted by Gasteiger charge is -2.21. The lowest BCUT2D eigenvalue weighted by atomic mass is 9.84. The highest BCUT2D eigenvalue weighted by Crippen LogP contribution is 2.28. The summed E-state index contributed by atoms with van der Waals surface area (Å²) in [5, 5.41) is 1.06. The minimum Gasteiger partial charge on any atom is -0.0921 e. The molecule has 0 aromatic heterocycles. The van der Waals surface area contributed by atoms with E-state index in [1.807, 2.05) is 0 Å². The second-order valence-corrected chi connectivity index (χ2v) is 7.00. The van der Waals surface area contributed by atoms with Crippen molar-refractivity contribution in [3.8, 4) is 0 Å². The Kier molecular flexibility index (Phi) is 5.24. The van der Waals surface area contributed by atoms with Crippen LogP contribution < -0.4 is 0 Å². The molecule has 1 heteroatoms.